The summed E-state index contributed by atoms with van der Waals surface area (Å²) < 4.78 is 0. The van der Waals surface area contributed by atoms with Gasteiger partial charge in [0.25, 0.3) is 0 Å². The molecule has 4 atom stereocenters. The number of benzene rings is 4. The molecule has 4 unspecified atom stereocenters. The van der Waals surface area contributed by atoms with E-state index in [1.54, 1.807) is 0 Å². The summed E-state index contributed by atoms with van der Waals surface area (Å²) in [6.45, 7) is 9.19. The van der Waals surface area contributed by atoms with Crippen LogP contribution in [0.15, 0.2) is 119 Å². The second kappa shape index (κ2) is 10.8. The van der Waals surface area contributed by atoms with Crippen molar-refractivity contribution in [3.8, 4) is 0 Å². The Balaban J connectivity index is 1.27. The zero-order valence-electron chi connectivity index (χ0n) is 26.7. The summed E-state index contributed by atoms with van der Waals surface area (Å²) in [6, 6.07) is 28.2. The van der Waals surface area contributed by atoms with E-state index in [0.717, 1.165) is 12.8 Å². The monoisotopic (exact) mass is 584 g/mol. The minimum Gasteiger partial charge on any atom is -0.285 e. The van der Waals surface area contributed by atoms with Crippen LogP contribution >= 0.6 is 0 Å². The molecule has 0 radical (unpaired) electrons. The molecule has 0 bridgehead atoms. The third-order valence-electron chi connectivity index (χ3n) is 10.2. The molecule has 0 saturated heterocycles. The van der Waals surface area contributed by atoms with Gasteiger partial charge in [-0.3, -0.25) is 9.98 Å². The molecule has 2 aliphatic carbocycles. The first-order valence-corrected chi connectivity index (χ1v) is 16.5. The molecule has 0 aromatic heterocycles. The molecule has 0 spiro atoms. The van der Waals surface area contributed by atoms with Crippen LogP contribution in [-0.2, 0) is 5.41 Å². The van der Waals surface area contributed by atoms with Gasteiger partial charge in [0.05, 0.1) is 11.8 Å². The Morgan fingerprint density at radius 3 is 2.29 bits per heavy atom. The number of rotatable bonds is 4. The molecule has 4 aromatic carbocycles. The van der Waals surface area contributed by atoms with E-state index in [9.17, 15) is 0 Å². The lowest BCUT2D eigenvalue weighted by Crippen LogP contribution is -2.19. The Hall–Kier alpha value is -4.56. The zero-order chi connectivity index (χ0) is 30.7. The molecule has 2 heteroatoms. The van der Waals surface area contributed by atoms with Gasteiger partial charge in [-0.05, 0) is 85.2 Å². The van der Waals surface area contributed by atoms with Crippen LogP contribution in [0.4, 0.5) is 0 Å². The predicted molar refractivity (Wildman–Crippen MR) is 192 cm³/mol. The average Bonchev–Trinajstić information content (AvgIpc) is 3.07. The third-order valence-corrected chi connectivity index (χ3v) is 10.2. The lowest BCUT2D eigenvalue weighted by Gasteiger charge is -2.36. The van der Waals surface area contributed by atoms with Gasteiger partial charge in [0.2, 0.25) is 0 Å². The predicted octanol–water partition coefficient (Wildman–Crippen LogP) is 10.9. The van der Waals surface area contributed by atoms with Gasteiger partial charge in [0.15, 0.2) is 0 Å². The van der Waals surface area contributed by atoms with Crippen LogP contribution in [0, 0.1) is 5.92 Å². The van der Waals surface area contributed by atoms with E-state index in [0.29, 0.717) is 5.92 Å². The molecule has 0 fully saturated rings. The van der Waals surface area contributed by atoms with Crippen molar-refractivity contribution in [3.05, 3.63) is 154 Å². The summed E-state index contributed by atoms with van der Waals surface area (Å²) in [5.74, 6) is 0.956. The number of nitrogens with zero attached hydrogens (tertiary/aromatic N) is 2. The van der Waals surface area contributed by atoms with Crippen LogP contribution in [0.3, 0.4) is 0 Å². The summed E-state index contributed by atoms with van der Waals surface area (Å²) in [5.41, 5.74) is 13.3. The minimum atomic E-state index is 0.0937. The average molecular weight is 585 g/mol. The standard InChI is InChI=1S/C43H40N2/c1-27-8-7-23-45-42(27)31-16-12-29(13-17-31)38-26-37(28-10-14-30(15-11-28)39-9-5-6-22-44-39)35-20-18-32-24-34(43(2,3)4)25-33-19-21-36(38)41(35)40(32)33/h5-7,10-27,35,37,39H,8-9H2,1-4H3. The largest absolute Gasteiger partial charge is 0.285 e. The fourth-order valence-corrected chi connectivity index (χ4v) is 7.67. The Labute approximate surface area is 267 Å². The SMILES string of the molecule is CC1CC=CN=C1c1ccc(C2=CC(c3ccc(C4CC=CC=N4)cc3)C3C=Cc4cc(C(C)(C)C)cc5ccc2c3c45)cc1. The van der Waals surface area contributed by atoms with Gasteiger partial charge in [-0.15, -0.1) is 0 Å². The molecule has 0 amide bonds. The van der Waals surface area contributed by atoms with Gasteiger partial charge in [-0.2, -0.15) is 0 Å². The maximum absolute atomic E-state index is 4.74. The van der Waals surface area contributed by atoms with Crippen molar-refractivity contribution in [1.29, 1.82) is 0 Å². The molecule has 0 saturated carbocycles. The Bertz CT molecular complexity index is 1990. The summed E-state index contributed by atoms with van der Waals surface area (Å²) in [7, 11) is 0. The van der Waals surface area contributed by atoms with E-state index in [1.165, 1.54) is 66.6 Å². The van der Waals surface area contributed by atoms with Gasteiger partial charge in [0.1, 0.15) is 0 Å². The molecule has 8 rings (SSSR count). The van der Waals surface area contributed by atoms with E-state index in [2.05, 4.69) is 131 Å². The van der Waals surface area contributed by atoms with Gasteiger partial charge in [-0.25, -0.2) is 0 Å². The molecule has 4 aliphatic rings. The number of allylic oxidation sites excluding steroid dienone is 4. The first-order valence-electron chi connectivity index (χ1n) is 16.5. The maximum Gasteiger partial charge on any atom is 0.0783 e. The fraction of sp³-hybridized carbons (Fsp3) is 0.256. The molecule has 45 heavy (non-hydrogen) atoms. The smallest absolute Gasteiger partial charge is 0.0783 e. The molecule has 222 valence electrons. The number of hydrogen-bond acceptors (Lipinski definition) is 2. The third kappa shape index (κ3) is 4.88. The first-order chi connectivity index (χ1) is 21.8. The second-order valence-corrected chi connectivity index (χ2v) is 14.2. The van der Waals surface area contributed by atoms with Crippen molar-refractivity contribution in [2.45, 2.75) is 63.8 Å². The van der Waals surface area contributed by atoms with Crippen LogP contribution in [-0.4, -0.2) is 11.9 Å². The molecule has 2 heterocycles. The van der Waals surface area contributed by atoms with Gasteiger partial charge in [0, 0.05) is 30.2 Å². The molecule has 2 nitrogen and oxygen atoms in total. The molecule has 2 aliphatic heterocycles. The maximum atomic E-state index is 4.74. The highest BCUT2D eigenvalue weighted by molar-refractivity contribution is 6.04. The van der Waals surface area contributed by atoms with E-state index >= 15 is 0 Å². The molecular weight excluding hydrogens is 544 g/mol. The fourth-order valence-electron chi connectivity index (χ4n) is 7.67. The summed E-state index contributed by atoms with van der Waals surface area (Å²) in [4.78, 5) is 9.46. The van der Waals surface area contributed by atoms with Crippen molar-refractivity contribution in [3.63, 3.8) is 0 Å². The topological polar surface area (TPSA) is 24.7 Å². The van der Waals surface area contributed by atoms with Crippen molar-refractivity contribution < 1.29 is 0 Å². The summed E-state index contributed by atoms with van der Waals surface area (Å²) in [6.07, 6.45) is 19.7. The second-order valence-electron chi connectivity index (χ2n) is 14.2. The van der Waals surface area contributed by atoms with E-state index < -0.39 is 0 Å². The Morgan fingerprint density at radius 2 is 1.56 bits per heavy atom. The van der Waals surface area contributed by atoms with Gasteiger partial charge < -0.3 is 0 Å². The lowest BCUT2D eigenvalue weighted by molar-refractivity contribution is 0.591. The minimum absolute atomic E-state index is 0.0937. The van der Waals surface area contributed by atoms with Gasteiger partial charge in [-0.1, -0.05) is 131 Å². The van der Waals surface area contributed by atoms with Crippen LogP contribution in [0.2, 0.25) is 0 Å². The Kier molecular flexibility index (Phi) is 6.71. The molecule has 0 N–H and O–H groups in total. The highest BCUT2D eigenvalue weighted by Gasteiger charge is 2.34. The lowest BCUT2D eigenvalue weighted by atomic mass is 9.68. The summed E-state index contributed by atoms with van der Waals surface area (Å²) in [5, 5.41) is 2.76. The van der Waals surface area contributed by atoms with E-state index in [-0.39, 0.29) is 23.3 Å². The van der Waals surface area contributed by atoms with Crippen LogP contribution in [0.25, 0.3) is 22.4 Å². The molecular formula is C43H40N2. The van der Waals surface area contributed by atoms with Crippen LogP contribution in [0.5, 0.6) is 0 Å². The first kappa shape index (κ1) is 28.0. The Morgan fingerprint density at radius 1 is 0.778 bits per heavy atom. The van der Waals surface area contributed by atoms with Crippen LogP contribution < -0.4 is 0 Å². The number of hydrogen-bond donors (Lipinski definition) is 0. The van der Waals surface area contributed by atoms with E-state index in [4.69, 9.17) is 9.98 Å². The normalized spacial score (nSPS) is 23.3. The van der Waals surface area contributed by atoms with Crippen molar-refractivity contribution >= 4 is 34.3 Å². The van der Waals surface area contributed by atoms with Crippen molar-refractivity contribution in [1.82, 2.24) is 0 Å². The number of aliphatic imine (C=N–C) groups is 2. The number of dihydropyridines is 1. The van der Waals surface area contributed by atoms with Crippen molar-refractivity contribution in [2.75, 3.05) is 0 Å². The quantitative estimate of drug-likeness (QED) is 0.228. The highest BCUT2D eigenvalue weighted by atomic mass is 14.8. The molecule has 4 aromatic rings. The van der Waals surface area contributed by atoms with Crippen LogP contribution in [0.1, 0.15) is 103 Å². The zero-order valence-corrected chi connectivity index (χ0v) is 26.7. The highest BCUT2D eigenvalue weighted by Crippen LogP contribution is 2.52. The van der Waals surface area contributed by atoms with Gasteiger partial charge >= 0.3 is 0 Å². The van der Waals surface area contributed by atoms with E-state index in [1.807, 2.05) is 18.5 Å². The van der Waals surface area contributed by atoms with Crippen molar-refractivity contribution in [2.24, 2.45) is 15.9 Å². The summed E-state index contributed by atoms with van der Waals surface area (Å²) >= 11 is 0.